The van der Waals surface area contributed by atoms with Gasteiger partial charge >= 0.3 is 0 Å². The van der Waals surface area contributed by atoms with Crippen molar-refractivity contribution in [3.05, 3.63) is 41.7 Å². The Balaban J connectivity index is 1.31. The fourth-order valence-electron chi connectivity index (χ4n) is 5.99. The van der Waals surface area contributed by atoms with Crippen LogP contribution in [0, 0.1) is 29.0 Å². The van der Waals surface area contributed by atoms with Crippen molar-refractivity contribution in [3.63, 3.8) is 0 Å². The van der Waals surface area contributed by atoms with E-state index in [1.165, 1.54) is 56.7 Å². The van der Waals surface area contributed by atoms with E-state index in [0.717, 1.165) is 23.3 Å². The second-order valence-electron chi connectivity index (χ2n) is 8.85. The summed E-state index contributed by atoms with van der Waals surface area (Å²) in [6, 6.07) is 6.28. The van der Waals surface area contributed by atoms with Gasteiger partial charge in [-0.05, 0) is 105 Å². The quantitative estimate of drug-likeness (QED) is 0.594. The Morgan fingerprint density at radius 1 is 1.15 bits per heavy atom. The summed E-state index contributed by atoms with van der Waals surface area (Å²) in [5.74, 6) is 2.11. The third-order valence-corrected chi connectivity index (χ3v) is 7.11. The number of amides is 1. The van der Waals surface area contributed by atoms with Crippen LogP contribution in [-0.4, -0.2) is 17.1 Å². The highest BCUT2D eigenvalue weighted by atomic mass is 32.1. The molecule has 0 heterocycles. The summed E-state index contributed by atoms with van der Waals surface area (Å²) in [6.45, 7) is 2.22. The zero-order valence-corrected chi connectivity index (χ0v) is 16.5. The minimum Gasteiger partial charge on any atom is -0.359 e. The fraction of sp³-hybridized carbons (Fsp3) is 0.545. The van der Waals surface area contributed by atoms with Crippen molar-refractivity contribution in [2.75, 3.05) is 0 Å². The summed E-state index contributed by atoms with van der Waals surface area (Å²) in [5.41, 5.74) is 1.11. The highest BCUT2D eigenvalue weighted by molar-refractivity contribution is 7.80. The molecule has 1 amide bonds. The van der Waals surface area contributed by atoms with Gasteiger partial charge < -0.3 is 5.32 Å². The predicted molar refractivity (Wildman–Crippen MR) is 109 cm³/mol. The summed E-state index contributed by atoms with van der Waals surface area (Å²) in [7, 11) is 0. The Kier molecular flexibility index (Phi) is 5.06. The average molecular weight is 387 g/mol. The number of hydrogen-bond donors (Lipinski definition) is 2. The molecule has 0 radical (unpaired) electrons. The van der Waals surface area contributed by atoms with Gasteiger partial charge in [0.15, 0.2) is 5.11 Å². The Hall–Kier alpha value is -1.75. The summed E-state index contributed by atoms with van der Waals surface area (Å²) < 4.78 is 12.9. The third-order valence-electron chi connectivity index (χ3n) is 6.89. The molecule has 0 saturated heterocycles. The Morgan fingerprint density at radius 3 is 2.26 bits per heavy atom. The standard InChI is InChI=1S/C22H27FN2OS/c1-14(22-11-16-8-17(12-22)10-18(9-16)13-22)24-21(27)25-20(26)7-4-15-2-5-19(23)6-3-15/h2-7,14,16-18H,8-13H2,1H3,(H2,24,25,26,27)/b7-4+/t14-,16?,17?,18?,22?/m0/s1. The molecule has 4 saturated carbocycles. The van der Waals surface area contributed by atoms with Gasteiger partial charge in [-0.15, -0.1) is 0 Å². The molecule has 0 spiro atoms. The van der Waals surface area contributed by atoms with E-state index >= 15 is 0 Å². The maximum absolute atomic E-state index is 12.9. The van der Waals surface area contributed by atoms with E-state index in [1.807, 2.05) is 0 Å². The van der Waals surface area contributed by atoms with Crippen molar-refractivity contribution in [2.45, 2.75) is 51.5 Å². The summed E-state index contributed by atoms with van der Waals surface area (Å²) >= 11 is 5.38. The van der Waals surface area contributed by atoms with Gasteiger partial charge in [-0.3, -0.25) is 10.1 Å². The Labute approximate surface area is 165 Å². The van der Waals surface area contributed by atoms with Crippen molar-refractivity contribution in [3.8, 4) is 0 Å². The second kappa shape index (κ2) is 7.34. The van der Waals surface area contributed by atoms with Gasteiger partial charge in [0.1, 0.15) is 5.82 Å². The minimum absolute atomic E-state index is 0.269. The number of nitrogens with one attached hydrogen (secondary N) is 2. The molecular weight excluding hydrogens is 359 g/mol. The average Bonchev–Trinajstić information content (AvgIpc) is 2.60. The molecule has 5 heteroatoms. The molecule has 4 fully saturated rings. The molecule has 4 bridgehead atoms. The topological polar surface area (TPSA) is 41.1 Å². The Morgan fingerprint density at radius 2 is 1.70 bits per heavy atom. The summed E-state index contributed by atoms with van der Waals surface area (Å²) in [4.78, 5) is 12.1. The normalized spacial score (nSPS) is 32.4. The number of thiocarbonyl (C=S) groups is 1. The van der Waals surface area contributed by atoms with Crippen LogP contribution in [0.2, 0.25) is 0 Å². The zero-order valence-electron chi connectivity index (χ0n) is 15.7. The first kappa shape index (κ1) is 18.6. The van der Waals surface area contributed by atoms with E-state index in [4.69, 9.17) is 12.2 Å². The van der Waals surface area contributed by atoms with E-state index < -0.39 is 0 Å². The van der Waals surface area contributed by atoms with Crippen LogP contribution in [0.1, 0.15) is 51.0 Å². The molecule has 0 aromatic heterocycles. The van der Waals surface area contributed by atoms with Crippen LogP contribution in [0.15, 0.2) is 30.3 Å². The lowest BCUT2D eigenvalue weighted by molar-refractivity contribution is -0.115. The summed E-state index contributed by atoms with van der Waals surface area (Å²) in [5, 5.41) is 6.53. The molecular formula is C22H27FN2OS. The smallest absolute Gasteiger partial charge is 0.250 e. The van der Waals surface area contributed by atoms with Crippen molar-refractivity contribution in [2.24, 2.45) is 23.2 Å². The minimum atomic E-state index is -0.291. The lowest BCUT2D eigenvalue weighted by atomic mass is 9.48. The molecule has 4 aliphatic rings. The molecule has 1 aromatic rings. The maximum Gasteiger partial charge on any atom is 0.250 e. The predicted octanol–water partition coefficient (Wildman–Crippen LogP) is 4.43. The van der Waals surface area contributed by atoms with Crippen LogP contribution in [0.5, 0.6) is 0 Å². The first-order chi connectivity index (χ1) is 12.9. The van der Waals surface area contributed by atoms with Crippen LogP contribution in [0.25, 0.3) is 6.08 Å². The lowest BCUT2D eigenvalue weighted by Gasteiger charge is -2.59. The monoisotopic (exact) mass is 386 g/mol. The molecule has 144 valence electrons. The number of rotatable bonds is 4. The van der Waals surface area contributed by atoms with Gasteiger partial charge in [-0.2, -0.15) is 0 Å². The van der Waals surface area contributed by atoms with Gasteiger partial charge in [0.2, 0.25) is 5.91 Å². The van der Waals surface area contributed by atoms with Crippen molar-refractivity contribution in [1.29, 1.82) is 0 Å². The zero-order chi connectivity index (χ0) is 19.0. The largest absolute Gasteiger partial charge is 0.359 e. The van der Waals surface area contributed by atoms with Gasteiger partial charge in [0, 0.05) is 12.1 Å². The Bertz CT molecular complexity index is 723. The van der Waals surface area contributed by atoms with Crippen molar-refractivity contribution in [1.82, 2.24) is 10.6 Å². The highest BCUT2D eigenvalue weighted by Crippen LogP contribution is 2.61. The molecule has 0 unspecified atom stereocenters. The van der Waals surface area contributed by atoms with Gasteiger partial charge in [-0.25, -0.2) is 4.39 Å². The van der Waals surface area contributed by atoms with Crippen LogP contribution >= 0.6 is 12.2 Å². The maximum atomic E-state index is 12.9. The van der Waals surface area contributed by atoms with Gasteiger partial charge in [0.25, 0.3) is 0 Å². The lowest BCUT2D eigenvalue weighted by Crippen LogP contribution is -2.57. The third kappa shape index (κ3) is 4.08. The van der Waals surface area contributed by atoms with Crippen LogP contribution < -0.4 is 10.6 Å². The molecule has 1 aromatic carbocycles. The number of carbonyl (C=O) groups excluding carboxylic acids is 1. The molecule has 27 heavy (non-hydrogen) atoms. The molecule has 1 atom stereocenters. The molecule has 3 nitrogen and oxygen atoms in total. The van der Waals surface area contributed by atoms with Gasteiger partial charge in [-0.1, -0.05) is 12.1 Å². The van der Waals surface area contributed by atoms with E-state index in [2.05, 4.69) is 17.6 Å². The van der Waals surface area contributed by atoms with Crippen LogP contribution in [0.4, 0.5) is 4.39 Å². The van der Waals surface area contributed by atoms with Gasteiger partial charge in [0.05, 0.1) is 0 Å². The SMILES string of the molecule is C[C@H](NC(=S)NC(=O)/C=C/c1ccc(F)cc1)C12CC3CC(CC(C3)C1)C2. The number of halogens is 1. The van der Waals surface area contributed by atoms with Crippen molar-refractivity contribution < 1.29 is 9.18 Å². The van der Waals surface area contributed by atoms with E-state index in [0.29, 0.717) is 10.5 Å². The van der Waals surface area contributed by atoms with E-state index in [1.54, 1.807) is 18.2 Å². The van der Waals surface area contributed by atoms with Crippen LogP contribution in [0.3, 0.4) is 0 Å². The van der Waals surface area contributed by atoms with Crippen molar-refractivity contribution >= 4 is 29.3 Å². The highest BCUT2D eigenvalue weighted by Gasteiger charge is 2.53. The number of hydrogen-bond acceptors (Lipinski definition) is 2. The summed E-state index contributed by atoms with van der Waals surface area (Å²) in [6.07, 6.45) is 11.2. The van der Waals surface area contributed by atoms with E-state index in [-0.39, 0.29) is 17.8 Å². The second-order valence-corrected chi connectivity index (χ2v) is 9.26. The van der Waals surface area contributed by atoms with E-state index in [9.17, 15) is 9.18 Å². The number of benzene rings is 1. The molecule has 2 N–H and O–H groups in total. The first-order valence-electron chi connectivity index (χ1n) is 9.97. The number of carbonyl (C=O) groups is 1. The first-order valence-corrected chi connectivity index (χ1v) is 10.4. The molecule has 0 aliphatic heterocycles. The fourth-order valence-corrected chi connectivity index (χ4v) is 6.27. The molecule has 5 rings (SSSR count). The molecule has 4 aliphatic carbocycles. The van der Waals surface area contributed by atoms with Crippen LogP contribution in [-0.2, 0) is 4.79 Å².